The van der Waals surface area contributed by atoms with Crippen molar-refractivity contribution in [2.24, 2.45) is 0 Å². The van der Waals surface area contributed by atoms with Gasteiger partial charge in [-0.05, 0) is 42.2 Å². The van der Waals surface area contributed by atoms with Crippen molar-refractivity contribution >= 4 is 23.4 Å². The van der Waals surface area contributed by atoms with Crippen molar-refractivity contribution in [1.82, 2.24) is 10.2 Å². The van der Waals surface area contributed by atoms with E-state index in [1.54, 1.807) is 18.2 Å². The van der Waals surface area contributed by atoms with Gasteiger partial charge >= 0.3 is 0 Å². The first-order valence-electron chi connectivity index (χ1n) is 12.8. The number of halogens is 2. The fraction of sp³-hybridized carbons (Fsp3) is 0.333. The van der Waals surface area contributed by atoms with E-state index in [-0.39, 0.29) is 24.2 Å². The molecule has 37 heavy (non-hydrogen) atoms. The highest BCUT2D eigenvalue weighted by atomic mass is 35.5. The Hall–Kier alpha value is -3.38. The van der Waals surface area contributed by atoms with Gasteiger partial charge in [0.05, 0.1) is 0 Å². The standard InChI is InChI=1S/C30H32ClFN2O3/c31-25-16-8-7-13-23(25)20-34(29(35)21-37-28-18-10-9-17-26(28)32)27(19-22-11-3-1-4-12-22)30(36)33-24-14-5-2-6-15-24/h1,3-4,7-13,16-18,24,27H,2,5-6,14-15,19-21H2,(H,33,36). The van der Waals surface area contributed by atoms with Gasteiger partial charge in [-0.3, -0.25) is 9.59 Å². The van der Waals surface area contributed by atoms with E-state index in [1.807, 2.05) is 48.5 Å². The number of hydrogen-bond acceptors (Lipinski definition) is 3. The second kappa shape index (κ2) is 13.2. The number of para-hydroxylation sites is 1. The summed E-state index contributed by atoms with van der Waals surface area (Å²) in [6.07, 6.45) is 5.51. The molecule has 0 spiro atoms. The van der Waals surface area contributed by atoms with Crippen molar-refractivity contribution in [3.8, 4) is 5.75 Å². The Morgan fingerprint density at radius 3 is 2.35 bits per heavy atom. The molecule has 1 atom stereocenters. The summed E-state index contributed by atoms with van der Waals surface area (Å²) in [5, 5.41) is 3.69. The van der Waals surface area contributed by atoms with Gasteiger partial charge < -0.3 is 15.0 Å². The van der Waals surface area contributed by atoms with Crippen LogP contribution in [0.3, 0.4) is 0 Å². The molecule has 2 amide bonds. The third-order valence-electron chi connectivity index (χ3n) is 6.71. The van der Waals surface area contributed by atoms with Crippen molar-refractivity contribution in [1.29, 1.82) is 0 Å². The summed E-state index contributed by atoms with van der Waals surface area (Å²) in [5.74, 6) is -1.20. The normalized spacial score (nSPS) is 14.5. The number of ether oxygens (including phenoxy) is 1. The van der Waals surface area contributed by atoms with Gasteiger partial charge in [0.25, 0.3) is 5.91 Å². The maximum Gasteiger partial charge on any atom is 0.261 e. The number of amides is 2. The van der Waals surface area contributed by atoms with Crippen molar-refractivity contribution in [3.63, 3.8) is 0 Å². The average molecular weight is 523 g/mol. The molecule has 1 saturated carbocycles. The SMILES string of the molecule is O=C(NC1CCCCC1)C(Cc1ccccc1)N(Cc1ccccc1Cl)C(=O)COc1ccccc1F. The molecular formula is C30H32ClFN2O3. The van der Waals surface area contributed by atoms with E-state index in [2.05, 4.69) is 5.32 Å². The third-order valence-corrected chi connectivity index (χ3v) is 7.08. The van der Waals surface area contributed by atoms with Crippen LogP contribution in [0.1, 0.15) is 43.2 Å². The number of hydrogen-bond donors (Lipinski definition) is 1. The van der Waals surface area contributed by atoms with Crippen molar-refractivity contribution in [2.75, 3.05) is 6.61 Å². The van der Waals surface area contributed by atoms with Crippen molar-refractivity contribution in [3.05, 3.63) is 101 Å². The topological polar surface area (TPSA) is 58.6 Å². The molecule has 1 fully saturated rings. The Morgan fingerprint density at radius 2 is 1.62 bits per heavy atom. The van der Waals surface area contributed by atoms with Gasteiger partial charge in [-0.15, -0.1) is 0 Å². The van der Waals surface area contributed by atoms with E-state index in [4.69, 9.17) is 16.3 Å². The summed E-state index contributed by atoms with van der Waals surface area (Å²) in [5.41, 5.74) is 1.64. The minimum Gasteiger partial charge on any atom is -0.481 e. The van der Waals surface area contributed by atoms with E-state index in [9.17, 15) is 14.0 Å². The molecule has 7 heteroatoms. The third kappa shape index (κ3) is 7.56. The van der Waals surface area contributed by atoms with Crippen molar-refractivity contribution in [2.45, 2.75) is 57.2 Å². The van der Waals surface area contributed by atoms with Gasteiger partial charge in [0.2, 0.25) is 5.91 Å². The largest absolute Gasteiger partial charge is 0.481 e. The van der Waals surface area contributed by atoms with E-state index in [1.165, 1.54) is 23.5 Å². The van der Waals surface area contributed by atoms with Gasteiger partial charge in [0.15, 0.2) is 18.2 Å². The van der Waals surface area contributed by atoms with E-state index < -0.39 is 24.4 Å². The molecule has 1 unspecified atom stereocenters. The number of carbonyl (C=O) groups is 2. The lowest BCUT2D eigenvalue weighted by Gasteiger charge is -2.33. The molecule has 0 radical (unpaired) electrons. The van der Waals surface area contributed by atoms with Crippen molar-refractivity contribution < 1.29 is 18.7 Å². The molecule has 0 aliphatic heterocycles. The Kier molecular flexibility index (Phi) is 9.55. The smallest absolute Gasteiger partial charge is 0.261 e. The predicted octanol–water partition coefficient (Wildman–Crippen LogP) is 5.95. The van der Waals surface area contributed by atoms with E-state index in [0.29, 0.717) is 17.0 Å². The predicted molar refractivity (Wildman–Crippen MR) is 143 cm³/mol. The lowest BCUT2D eigenvalue weighted by Crippen LogP contribution is -2.53. The summed E-state index contributed by atoms with van der Waals surface area (Å²) in [6, 6.07) is 22.1. The number of nitrogens with zero attached hydrogens (tertiary/aromatic N) is 1. The number of nitrogens with one attached hydrogen (secondary N) is 1. The van der Waals surface area contributed by atoms with Crippen LogP contribution >= 0.6 is 11.6 Å². The molecule has 1 aliphatic rings. The molecule has 0 aromatic heterocycles. The number of benzene rings is 3. The monoisotopic (exact) mass is 522 g/mol. The zero-order valence-electron chi connectivity index (χ0n) is 20.7. The fourth-order valence-electron chi connectivity index (χ4n) is 4.69. The second-order valence-corrected chi connectivity index (χ2v) is 9.79. The summed E-state index contributed by atoms with van der Waals surface area (Å²) in [4.78, 5) is 28.9. The molecule has 0 bridgehead atoms. The highest BCUT2D eigenvalue weighted by molar-refractivity contribution is 6.31. The molecule has 0 heterocycles. The molecular weight excluding hydrogens is 491 g/mol. The highest BCUT2D eigenvalue weighted by Crippen LogP contribution is 2.23. The van der Waals surface area contributed by atoms with Gasteiger partial charge in [0, 0.05) is 24.0 Å². The maximum absolute atomic E-state index is 14.1. The lowest BCUT2D eigenvalue weighted by molar-refractivity contribution is -0.143. The number of carbonyl (C=O) groups excluding carboxylic acids is 2. The zero-order chi connectivity index (χ0) is 26.0. The fourth-order valence-corrected chi connectivity index (χ4v) is 4.89. The second-order valence-electron chi connectivity index (χ2n) is 9.38. The maximum atomic E-state index is 14.1. The molecule has 194 valence electrons. The quantitative estimate of drug-likeness (QED) is 0.358. The highest BCUT2D eigenvalue weighted by Gasteiger charge is 2.32. The van der Waals surface area contributed by atoms with Gasteiger partial charge in [-0.25, -0.2) is 4.39 Å². The number of rotatable bonds is 10. The molecule has 3 aromatic rings. The Morgan fingerprint density at radius 1 is 0.946 bits per heavy atom. The van der Waals surface area contributed by atoms with E-state index in [0.717, 1.165) is 31.2 Å². The van der Waals surface area contributed by atoms with Crippen LogP contribution < -0.4 is 10.1 Å². The van der Waals surface area contributed by atoms with Gasteiger partial charge in [-0.1, -0.05) is 91.5 Å². The average Bonchev–Trinajstić information content (AvgIpc) is 2.92. The first kappa shape index (κ1) is 26.7. The zero-order valence-corrected chi connectivity index (χ0v) is 21.5. The summed E-state index contributed by atoms with van der Waals surface area (Å²) >= 11 is 6.45. The summed E-state index contributed by atoms with van der Waals surface area (Å²) < 4.78 is 19.7. The molecule has 1 N–H and O–H groups in total. The van der Waals surface area contributed by atoms with Crippen LogP contribution in [0.2, 0.25) is 5.02 Å². The molecule has 1 aliphatic carbocycles. The first-order chi connectivity index (χ1) is 18.0. The molecule has 3 aromatic carbocycles. The van der Waals surface area contributed by atoms with Crippen LogP contribution in [0.4, 0.5) is 4.39 Å². The molecule has 0 saturated heterocycles. The Balaban J connectivity index is 1.62. The first-order valence-corrected chi connectivity index (χ1v) is 13.1. The van der Waals surface area contributed by atoms with Crippen LogP contribution in [0.15, 0.2) is 78.9 Å². The van der Waals surface area contributed by atoms with Crippen LogP contribution in [0.5, 0.6) is 5.75 Å². The lowest BCUT2D eigenvalue weighted by atomic mass is 9.94. The summed E-state index contributed by atoms with van der Waals surface area (Å²) in [6.45, 7) is -0.290. The minimum atomic E-state index is -0.794. The van der Waals surface area contributed by atoms with Crippen LogP contribution in [-0.2, 0) is 22.6 Å². The van der Waals surface area contributed by atoms with Gasteiger partial charge in [-0.2, -0.15) is 0 Å². The minimum absolute atomic E-state index is 0.0141. The van der Waals surface area contributed by atoms with Crippen LogP contribution in [0.25, 0.3) is 0 Å². The molecule has 4 rings (SSSR count). The Bertz CT molecular complexity index is 1180. The summed E-state index contributed by atoms with van der Waals surface area (Å²) in [7, 11) is 0. The van der Waals surface area contributed by atoms with Crippen LogP contribution in [0, 0.1) is 5.82 Å². The van der Waals surface area contributed by atoms with Gasteiger partial charge in [0.1, 0.15) is 6.04 Å². The van der Waals surface area contributed by atoms with Crippen LogP contribution in [-0.4, -0.2) is 35.4 Å². The molecule has 5 nitrogen and oxygen atoms in total. The Labute approximate surface area is 222 Å². The van der Waals surface area contributed by atoms with E-state index >= 15 is 0 Å².